The van der Waals surface area contributed by atoms with Gasteiger partial charge in [-0.05, 0) is 20.3 Å². The van der Waals surface area contributed by atoms with Crippen molar-refractivity contribution in [1.29, 1.82) is 0 Å². The molecule has 1 N–H and O–H groups in total. The normalized spacial score (nSPS) is 25.6. The molecule has 1 saturated heterocycles. The molecule has 5 nitrogen and oxygen atoms in total. The van der Waals surface area contributed by atoms with Gasteiger partial charge in [0, 0.05) is 19.7 Å². The molecule has 1 rings (SSSR count). The minimum atomic E-state index is -0.839. The zero-order valence-electron chi connectivity index (χ0n) is 9.15. The van der Waals surface area contributed by atoms with E-state index in [2.05, 4.69) is 0 Å². The number of nitrogens with zero attached hydrogens (tertiary/aromatic N) is 1. The predicted molar refractivity (Wildman–Crippen MR) is 53.4 cm³/mol. The van der Waals surface area contributed by atoms with E-state index in [1.54, 1.807) is 11.8 Å². The maximum Gasteiger partial charge on any atom is 0.311 e. The molecule has 0 spiro atoms. The summed E-state index contributed by atoms with van der Waals surface area (Å²) in [6, 6.07) is 0. The molecule has 0 radical (unpaired) electrons. The second kappa shape index (κ2) is 4.61. The molecule has 1 heterocycles. The molecule has 0 aromatic rings. The lowest BCUT2D eigenvalue weighted by Gasteiger charge is -2.19. The van der Waals surface area contributed by atoms with Gasteiger partial charge >= 0.3 is 5.97 Å². The highest BCUT2D eigenvalue weighted by Gasteiger charge is 2.41. The number of carboxylic acids is 1. The van der Waals surface area contributed by atoms with Crippen LogP contribution in [0.2, 0.25) is 0 Å². The molecule has 1 aliphatic heterocycles. The van der Waals surface area contributed by atoms with E-state index in [9.17, 15) is 9.59 Å². The lowest BCUT2D eigenvalue weighted by Crippen LogP contribution is -2.36. The lowest BCUT2D eigenvalue weighted by molar-refractivity contribution is -0.147. The summed E-state index contributed by atoms with van der Waals surface area (Å²) in [6.07, 6.45) is 0.514. The predicted octanol–water partition coefficient (Wildman–Crippen LogP) is 0.346. The number of rotatable bonds is 4. The lowest BCUT2D eigenvalue weighted by atomic mass is 9.90. The topological polar surface area (TPSA) is 66.8 Å². The molecular formula is C10H17NO4. The summed E-state index contributed by atoms with van der Waals surface area (Å²) in [7, 11) is 0. The van der Waals surface area contributed by atoms with Crippen LogP contribution in [0.3, 0.4) is 0 Å². The first-order valence-electron chi connectivity index (χ1n) is 5.08. The fraction of sp³-hybridized carbons (Fsp3) is 0.800. The van der Waals surface area contributed by atoms with Gasteiger partial charge in [0.25, 0.3) is 0 Å². The van der Waals surface area contributed by atoms with Crippen LogP contribution in [-0.2, 0) is 14.3 Å². The largest absolute Gasteiger partial charge is 0.481 e. The Morgan fingerprint density at radius 3 is 2.67 bits per heavy atom. The average molecular weight is 215 g/mol. The Morgan fingerprint density at radius 2 is 2.20 bits per heavy atom. The van der Waals surface area contributed by atoms with Gasteiger partial charge in [-0.3, -0.25) is 9.59 Å². The zero-order chi connectivity index (χ0) is 11.5. The third-order valence-electron chi connectivity index (χ3n) is 2.77. The molecule has 5 heteroatoms. The van der Waals surface area contributed by atoms with Gasteiger partial charge in [0.15, 0.2) is 0 Å². The van der Waals surface area contributed by atoms with Gasteiger partial charge in [-0.2, -0.15) is 0 Å². The van der Waals surface area contributed by atoms with Crippen molar-refractivity contribution >= 4 is 11.9 Å². The van der Waals surface area contributed by atoms with Crippen LogP contribution < -0.4 is 0 Å². The van der Waals surface area contributed by atoms with Crippen molar-refractivity contribution in [2.45, 2.75) is 20.3 Å². The van der Waals surface area contributed by atoms with Crippen molar-refractivity contribution in [3.05, 3.63) is 0 Å². The first-order valence-corrected chi connectivity index (χ1v) is 5.08. The summed E-state index contributed by atoms with van der Waals surface area (Å²) in [5, 5.41) is 8.98. The highest BCUT2D eigenvalue weighted by Crippen LogP contribution is 2.29. The van der Waals surface area contributed by atoms with Gasteiger partial charge in [0.2, 0.25) is 5.91 Å². The van der Waals surface area contributed by atoms with Crippen molar-refractivity contribution in [2.24, 2.45) is 5.41 Å². The van der Waals surface area contributed by atoms with Crippen LogP contribution in [0.4, 0.5) is 0 Å². The number of carbonyl (C=O) groups excluding carboxylic acids is 1. The third-order valence-corrected chi connectivity index (χ3v) is 2.77. The number of hydrogen-bond donors (Lipinski definition) is 1. The van der Waals surface area contributed by atoms with Crippen LogP contribution in [0.1, 0.15) is 20.3 Å². The summed E-state index contributed by atoms with van der Waals surface area (Å²) >= 11 is 0. The van der Waals surface area contributed by atoms with E-state index in [1.807, 2.05) is 6.92 Å². The molecule has 0 aromatic carbocycles. The molecule has 1 unspecified atom stereocenters. The van der Waals surface area contributed by atoms with Gasteiger partial charge in [-0.15, -0.1) is 0 Å². The average Bonchev–Trinajstić information content (AvgIpc) is 2.59. The molecule has 0 saturated carbocycles. The maximum atomic E-state index is 11.5. The Labute approximate surface area is 89.0 Å². The molecule has 1 amide bonds. The van der Waals surface area contributed by atoms with Crippen molar-refractivity contribution in [1.82, 2.24) is 4.90 Å². The van der Waals surface area contributed by atoms with Crippen LogP contribution in [0.5, 0.6) is 0 Å². The molecule has 0 aliphatic carbocycles. The summed E-state index contributed by atoms with van der Waals surface area (Å²) < 4.78 is 5.00. The minimum absolute atomic E-state index is 0.0478. The summed E-state index contributed by atoms with van der Waals surface area (Å²) in [5.74, 6) is -0.962. The number of hydrogen-bond acceptors (Lipinski definition) is 3. The first-order chi connectivity index (χ1) is 6.99. The molecule has 15 heavy (non-hydrogen) atoms. The monoisotopic (exact) mass is 215 g/mol. The maximum absolute atomic E-state index is 11.5. The first kappa shape index (κ1) is 12.0. The number of amides is 1. The standard InChI is InChI=1S/C10H17NO4/c1-3-15-6-8(12)11-5-4-10(2,7-11)9(13)14/h3-7H2,1-2H3,(H,13,14). The molecule has 1 fully saturated rings. The number of carboxylic acid groups (broad SMARTS) is 1. The van der Waals surface area contributed by atoms with Crippen LogP contribution in [0, 0.1) is 5.41 Å². The number of ether oxygens (including phenoxy) is 1. The quantitative estimate of drug-likeness (QED) is 0.734. The smallest absolute Gasteiger partial charge is 0.311 e. The van der Waals surface area contributed by atoms with Gasteiger partial charge in [0.1, 0.15) is 6.61 Å². The summed E-state index contributed by atoms with van der Waals surface area (Å²) in [6.45, 7) is 4.83. The van der Waals surface area contributed by atoms with Crippen LogP contribution >= 0.6 is 0 Å². The molecule has 86 valence electrons. The molecule has 0 aromatic heterocycles. The second-order valence-corrected chi connectivity index (χ2v) is 4.07. The van der Waals surface area contributed by atoms with Crippen molar-refractivity contribution in [3.8, 4) is 0 Å². The fourth-order valence-electron chi connectivity index (χ4n) is 1.63. The Bertz CT molecular complexity index is 266. The Kier molecular flexibility index (Phi) is 3.68. The number of carbonyl (C=O) groups is 2. The van der Waals surface area contributed by atoms with Gasteiger partial charge < -0.3 is 14.7 Å². The van der Waals surface area contributed by atoms with Crippen molar-refractivity contribution in [2.75, 3.05) is 26.3 Å². The van der Waals surface area contributed by atoms with E-state index in [-0.39, 0.29) is 19.1 Å². The van der Waals surface area contributed by atoms with E-state index < -0.39 is 11.4 Å². The molecule has 1 aliphatic rings. The highest BCUT2D eigenvalue weighted by atomic mass is 16.5. The summed E-state index contributed by atoms with van der Waals surface area (Å²) in [4.78, 5) is 24.0. The van der Waals surface area contributed by atoms with E-state index in [4.69, 9.17) is 9.84 Å². The Balaban J connectivity index is 2.49. The molecule has 1 atom stereocenters. The summed E-state index contributed by atoms with van der Waals surface area (Å²) in [5.41, 5.74) is -0.790. The minimum Gasteiger partial charge on any atom is -0.481 e. The van der Waals surface area contributed by atoms with Gasteiger partial charge in [-0.1, -0.05) is 0 Å². The van der Waals surface area contributed by atoms with E-state index >= 15 is 0 Å². The SMILES string of the molecule is CCOCC(=O)N1CCC(C)(C(=O)O)C1. The van der Waals surface area contributed by atoms with Crippen molar-refractivity contribution in [3.63, 3.8) is 0 Å². The van der Waals surface area contributed by atoms with Crippen LogP contribution in [-0.4, -0.2) is 48.2 Å². The van der Waals surface area contributed by atoms with Crippen molar-refractivity contribution < 1.29 is 19.4 Å². The van der Waals surface area contributed by atoms with E-state index in [0.717, 1.165) is 0 Å². The van der Waals surface area contributed by atoms with E-state index in [1.165, 1.54) is 0 Å². The van der Waals surface area contributed by atoms with Crippen LogP contribution in [0.25, 0.3) is 0 Å². The zero-order valence-corrected chi connectivity index (χ0v) is 9.15. The highest BCUT2D eigenvalue weighted by molar-refractivity contribution is 5.81. The number of aliphatic carboxylic acids is 1. The van der Waals surface area contributed by atoms with Gasteiger partial charge in [-0.25, -0.2) is 0 Å². The second-order valence-electron chi connectivity index (χ2n) is 4.07. The molecular weight excluding hydrogens is 198 g/mol. The third kappa shape index (κ3) is 2.68. The Hall–Kier alpha value is -1.10. The number of likely N-dealkylation sites (tertiary alicyclic amines) is 1. The van der Waals surface area contributed by atoms with Gasteiger partial charge in [0.05, 0.1) is 5.41 Å². The Morgan fingerprint density at radius 1 is 1.53 bits per heavy atom. The van der Waals surface area contributed by atoms with Crippen LogP contribution in [0.15, 0.2) is 0 Å². The van der Waals surface area contributed by atoms with E-state index in [0.29, 0.717) is 19.6 Å². The fourth-order valence-corrected chi connectivity index (χ4v) is 1.63. The molecule has 0 bridgehead atoms.